The molecule has 0 radical (unpaired) electrons. The number of carbonyl (C=O) groups is 2. The highest BCUT2D eigenvalue weighted by molar-refractivity contribution is 5.97. The summed E-state index contributed by atoms with van der Waals surface area (Å²) in [7, 11) is 3.81. The molecule has 3 aliphatic heterocycles. The highest BCUT2D eigenvalue weighted by atomic mass is 19.1. The van der Waals surface area contributed by atoms with E-state index < -0.39 is 0 Å². The molecule has 0 spiro atoms. The lowest BCUT2D eigenvalue weighted by Gasteiger charge is -2.36. The second kappa shape index (κ2) is 17.4. The number of ether oxygens (including phenoxy) is 1. The smallest absolute Gasteiger partial charge is 0.318 e. The van der Waals surface area contributed by atoms with Crippen LogP contribution in [0.4, 0.5) is 15.9 Å². The van der Waals surface area contributed by atoms with Gasteiger partial charge in [0, 0.05) is 56.8 Å². The molecule has 0 aliphatic carbocycles. The first kappa shape index (κ1) is 35.4. The Balaban J connectivity index is 0.000000473. The monoisotopic (exact) mass is 621 g/mol. The van der Waals surface area contributed by atoms with Gasteiger partial charge in [0.1, 0.15) is 11.6 Å². The standard InChI is InChI=1S/C26H32FN5O3.C5H11N.C3H5N/c1-5-22(33)31-12-14-32(15-13-31)24-20(17(3)28-26(29-24)35-6-2)11-10-19-16-18-8-7-9-21(27)23(18)30(4)25(19)34;1-6-4-2-3-5-6;1-2-3-4/h5,7-9,19H,1,6,10-16H2,2-4H3;2-5H2,1H3;2H2,1H3/t19-;;/m1../s1. The largest absolute Gasteiger partial charge is 0.464 e. The SMILES string of the molecule is C=CC(=O)N1CCN(c2nc(OCC)nc(C)c2CC[C@@H]2Cc3cccc(F)c3N(C)C2=O)CC1.CCC#N.CN1CCCC1. The Hall–Kier alpha value is -4.04. The first-order chi connectivity index (χ1) is 21.6. The molecule has 2 fully saturated rings. The Bertz CT molecular complexity index is 1350. The molecule has 3 aliphatic rings. The number of hydrogen-bond acceptors (Lipinski definition) is 8. The number of benzene rings is 1. The molecule has 11 heteroatoms. The van der Waals surface area contributed by atoms with Crippen LogP contribution in [0.1, 0.15) is 56.4 Å². The van der Waals surface area contributed by atoms with Gasteiger partial charge in [0.2, 0.25) is 11.8 Å². The van der Waals surface area contributed by atoms with Crippen LogP contribution < -0.4 is 14.5 Å². The van der Waals surface area contributed by atoms with Crippen molar-refractivity contribution < 1.29 is 18.7 Å². The number of fused-ring (bicyclic) bond motifs is 1. The Kier molecular flexibility index (Phi) is 13.7. The van der Waals surface area contributed by atoms with Crippen LogP contribution in [0.5, 0.6) is 6.01 Å². The van der Waals surface area contributed by atoms with E-state index in [1.165, 1.54) is 43.0 Å². The van der Waals surface area contributed by atoms with E-state index in [9.17, 15) is 14.0 Å². The van der Waals surface area contributed by atoms with Gasteiger partial charge in [0.15, 0.2) is 0 Å². The fourth-order valence-electron chi connectivity index (χ4n) is 5.83. The topological polar surface area (TPSA) is 106 Å². The molecule has 45 heavy (non-hydrogen) atoms. The molecule has 2 aromatic rings. The highest BCUT2D eigenvalue weighted by Crippen LogP contribution is 2.35. The van der Waals surface area contributed by atoms with Crippen molar-refractivity contribution in [1.82, 2.24) is 19.8 Å². The molecule has 0 saturated carbocycles. The van der Waals surface area contributed by atoms with Crippen molar-refractivity contribution in [2.24, 2.45) is 5.92 Å². The van der Waals surface area contributed by atoms with Crippen molar-refractivity contribution in [2.45, 2.75) is 59.3 Å². The zero-order chi connectivity index (χ0) is 32.9. The van der Waals surface area contributed by atoms with Crippen LogP contribution in [-0.4, -0.2) is 91.6 Å². The minimum atomic E-state index is -0.371. The summed E-state index contributed by atoms with van der Waals surface area (Å²) in [6.07, 6.45) is 6.50. The maximum absolute atomic E-state index is 14.3. The molecule has 10 nitrogen and oxygen atoms in total. The van der Waals surface area contributed by atoms with Crippen LogP contribution in [0.3, 0.4) is 0 Å². The number of amides is 2. The zero-order valence-electron chi connectivity index (χ0n) is 27.5. The Labute approximate surface area is 267 Å². The lowest BCUT2D eigenvalue weighted by atomic mass is 9.87. The van der Waals surface area contributed by atoms with E-state index in [-0.39, 0.29) is 23.5 Å². The van der Waals surface area contributed by atoms with E-state index in [1.807, 2.05) is 32.9 Å². The number of piperazine rings is 1. The summed E-state index contributed by atoms with van der Waals surface area (Å²) < 4.78 is 19.9. The van der Waals surface area contributed by atoms with E-state index >= 15 is 0 Å². The Morgan fingerprint density at radius 3 is 2.36 bits per heavy atom. The van der Waals surface area contributed by atoms with E-state index in [4.69, 9.17) is 15.0 Å². The number of aryl methyl sites for hydroxylation is 1. The second-order valence-corrected chi connectivity index (χ2v) is 11.4. The fourth-order valence-corrected chi connectivity index (χ4v) is 5.83. The minimum Gasteiger partial charge on any atom is -0.464 e. The molecule has 0 bridgehead atoms. The van der Waals surface area contributed by atoms with Crippen LogP contribution >= 0.6 is 0 Å². The summed E-state index contributed by atoms with van der Waals surface area (Å²) in [6, 6.07) is 7.22. The normalized spacial score (nSPS) is 17.8. The van der Waals surface area contributed by atoms with Gasteiger partial charge in [-0.2, -0.15) is 10.2 Å². The lowest BCUT2D eigenvalue weighted by Crippen LogP contribution is -2.49. The lowest BCUT2D eigenvalue weighted by molar-refractivity contribution is -0.126. The number of aromatic nitrogens is 2. The zero-order valence-corrected chi connectivity index (χ0v) is 27.5. The maximum atomic E-state index is 14.3. The third-order valence-electron chi connectivity index (χ3n) is 8.29. The molecule has 0 N–H and O–H groups in total. The van der Waals surface area contributed by atoms with Gasteiger partial charge in [-0.25, -0.2) is 9.37 Å². The van der Waals surface area contributed by atoms with Crippen molar-refractivity contribution in [2.75, 3.05) is 69.8 Å². The number of nitriles is 1. The van der Waals surface area contributed by atoms with Gasteiger partial charge in [-0.15, -0.1) is 0 Å². The van der Waals surface area contributed by atoms with E-state index in [2.05, 4.69) is 28.4 Å². The average Bonchev–Trinajstić information content (AvgIpc) is 3.53. The summed E-state index contributed by atoms with van der Waals surface area (Å²) in [5.74, 6) is 0.00872. The quantitative estimate of drug-likeness (QED) is 0.415. The molecular formula is C34H48FN7O3. The van der Waals surface area contributed by atoms with Crippen molar-refractivity contribution in [3.63, 3.8) is 0 Å². The number of anilines is 2. The number of nitrogens with zero attached hydrogens (tertiary/aromatic N) is 7. The molecule has 2 saturated heterocycles. The van der Waals surface area contributed by atoms with Gasteiger partial charge in [-0.05, 0) is 83.8 Å². The summed E-state index contributed by atoms with van der Waals surface area (Å²) in [5, 5.41) is 7.62. The molecule has 2 amide bonds. The molecular weight excluding hydrogens is 573 g/mol. The third-order valence-corrected chi connectivity index (χ3v) is 8.29. The number of carbonyl (C=O) groups excluding carboxylic acids is 2. The van der Waals surface area contributed by atoms with Gasteiger partial charge >= 0.3 is 6.01 Å². The van der Waals surface area contributed by atoms with Gasteiger partial charge < -0.3 is 24.3 Å². The summed E-state index contributed by atoms with van der Waals surface area (Å²) in [6.45, 7) is 14.7. The summed E-state index contributed by atoms with van der Waals surface area (Å²) >= 11 is 0. The summed E-state index contributed by atoms with van der Waals surface area (Å²) in [5.41, 5.74) is 3.01. The van der Waals surface area contributed by atoms with E-state index in [0.29, 0.717) is 70.2 Å². The molecule has 0 unspecified atom stereocenters. The van der Waals surface area contributed by atoms with E-state index in [1.54, 1.807) is 18.0 Å². The molecule has 4 heterocycles. The predicted octanol–water partition coefficient (Wildman–Crippen LogP) is 4.56. The first-order valence-corrected chi connectivity index (χ1v) is 15.9. The van der Waals surface area contributed by atoms with Crippen LogP contribution in [0.2, 0.25) is 0 Å². The van der Waals surface area contributed by atoms with Crippen molar-refractivity contribution in [1.29, 1.82) is 5.26 Å². The van der Waals surface area contributed by atoms with E-state index in [0.717, 1.165) is 22.6 Å². The van der Waals surface area contributed by atoms with Gasteiger partial charge in [0.25, 0.3) is 0 Å². The fraction of sp³-hybridized carbons (Fsp3) is 0.559. The van der Waals surface area contributed by atoms with Gasteiger partial charge in [-0.1, -0.05) is 25.6 Å². The van der Waals surface area contributed by atoms with Crippen LogP contribution in [0.25, 0.3) is 0 Å². The second-order valence-electron chi connectivity index (χ2n) is 11.4. The Morgan fingerprint density at radius 1 is 1.13 bits per heavy atom. The number of para-hydroxylation sites is 1. The number of likely N-dealkylation sites (tertiary alicyclic amines) is 1. The molecule has 1 aromatic carbocycles. The number of hydrogen-bond donors (Lipinski definition) is 0. The number of halogens is 1. The van der Waals surface area contributed by atoms with Crippen LogP contribution in [0.15, 0.2) is 30.9 Å². The van der Waals surface area contributed by atoms with Crippen molar-refractivity contribution >= 4 is 23.3 Å². The van der Waals surface area contributed by atoms with Crippen LogP contribution in [-0.2, 0) is 22.4 Å². The average molecular weight is 622 g/mol. The number of rotatable bonds is 7. The molecule has 5 rings (SSSR count). The molecule has 1 atom stereocenters. The minimum absolute atomic E-state index is 0.0737. The van der Waals surface area contributed by atoms with Crippen LogP contribution in [0, 0.1) is 30.0 Å². The predicted molar refractivity (Wildman–Crippen MR) is 175 cm³/mol. The maximum Gasteiger partial charge on any atom is 0.318 e. The molecule has 1 aromatic heterocycles. The third kappa shape index (κ3) is 9.47. The van der Waals surface area contributed by atoms with Gasteiger partial charge in [0.05, 0.1) is 18.4 Å². The van der Waals surface area contributed by atoms with Gasteiger partial charge in [-0.3, -0.25) is 9.59 Å². The van der Waals surface area contributed by atoms with Crippen molar-refractivity contribution in [3.8, 4) is 12.1 Å². The molecule has 244 valence electrons. The first-order valence-electron chi connectivity index (χ1n) is 15.9. The summed E-state index contributed by atoms with van der Waals surface area (Å²) in [4.78, 5) is 42.0. The van der Waals surface area contributed by atoms with Crippen molar-refractivity contribution in [3.05, 3.63) is 53.5 Å². The Morgan fingerprint density at radius 2 is 1.80 bits per heavy atom. The highest BCUT2D eigenvalue weighted by Gasteiger charge is 2.33.